The second-order valence-electron chi connectivity index (χ2n) is 5.95. The summed E-state index contributed by atoms with van der Waals surface area (Å²) in [6.45, 7) is 7.40. The Morgan fingerprint density at radius 2 is 1.74 bits per heavy atom. The molecule has 0 atom stereocenters. The maximum absolute atomic E-state index is 12.0. The molecule has 0 fully saturated rings. The van der Waals surface area contributed by atoms with Gasteiger partial charge in [0, 0.05) is 11.6 Å². The zero-order chi connectivity index (χ0) is 19.6. The van der Waals surface area contributed by atoms with Crippen LogP contribution in [0.5, 0.6) is 17.2 Å². The number of amides is 1. The van der Waals surface area contributed by atoms with Gasteiger partial charge in [0.2, 0.25) is 0 Å². The number of carbonyl (C=O) groups is 1. The van der Waals surface area contributed by atoms with Crippen LogP contribution in [-0.4, -0.2) is 32.3 Å². The first-order chi connectivity index (χ1) is 13.0. The van der Waals surface area contributed by atoms with Gasteiger partial charge >= 0.3 is 0 Å². The van der Waals surface area contributed by atoms with Crippen LogP contribution in [0.1, 0.15) is 25.0 Å². The van der Waals surface area contributed by atoms with Gasteiger partial charge in [-0.3, -0.25) is 4.79 Å². The SMILES string of the molecule is CCOc1ccc(CCNC(=O)COc2ccc(Cl)c(C)c2)cc1OCC. The third kappa shape index (κ3) is 6.68. The normalized spacial score (nSPS) is 10.4. The van der Waals surface area contributed by atoms with Crippen molar-refractivity contribution in [1.29, 1.82) is 0 Å². The van der Waals surface area contributed by atoms with Gasteiger partial charge in [0.15, 0.2) is 18.1 Å². The molecule has 0 heterocycles. The molecule has 0 saturated heterocycles. The number of benzene rings is 2. The smallest absolute Gasteiger partial charge is 0.257 e. The monoisotopic (exact) mass is 391 g/mol. The van der Waals surface area contributed by atoms with Gasteiger partial charge in [-0.25, -0.2) is 0 Å². The fourth-order valence-electron chi connectivity index (χ4n) is 2.50. The highest BCUT2D eigenvalue weighted by atomic mass is 35.5. The van der Waals surface area contributed by atoms with Crippen LogP contribution in [0.4, 0.5) is 0 Å². The number of aryl methyl sites for hydroxylation is 1. The van der Waals surface area contributed by atoms with Crippen molar-refractivity contribution in [1.82, 2.24) is 5.32 Å². The van der Waals surface area contributed by atoms with E-state index in [0.717, 1.165) is 22.6 Å². The molecule has 146 valence electrons. The molecule has 0 aliphatic carbocycles. The van der Waals surface area contributed by atoms with Crippen LogP contribution in [0.15, 0.2) is 36.4 Å². The molecule has 5 nitrogen and oxygen atoms in total. The maximum atomic E-state index is 12.0. The number of rotatable bonds is 10. The highest BCUT2D eigenvalue weighted by Gasteiger charge is 2.08. The first kappa shape index (κ1) is 20.9. The first-order valence-electron chi connectivity index (χ1n) is 9.07. The molecule has 0 aliphatic rings. The summed E-state index contributed by atoms with van der Waals surface area (Å²) in [6.07, 6.45) is 0.693. The summed E-state index contributed by atoms with van der Waals surface area (Å²) in [5.74, 6) is 1.92. The van der Waals surface area contributed by atoms with Gasteiger partial charge in [0.1, 0.15) is 5.75 Å². The molecule has 0 spiro atoms. The van der Waals surface area contributed by atoms with E-state index in [4.69, 9.17) is 25.8 Å². The number of halogens is 1. The standard InChI is InChI=1S/C21H26ClNO4/c1-4-25-19-9-6-16(13-20(19)26-5-2)10-11-23-21(24)14-27-17-7-8-18(22)15(3)12-17/h6-9,12-13H,4-5,10-11,14H2,1-3H3,(H,23,24). The van der Waals surface area contributed by atoms with Crippen LogP contribution in [0, 0.1) is 6.92 Å². The second kappa shape index (κ2) is 10.7. The molecule has 1 N–H and O–H groups in total. The van der Waals surface area contributed by atoms with Crippen molar-refractivity contribution < 1.29 is 19.0 Å². The van der Waals surface area contributed by atoms with Crippen LogP contribution < -0.4 is 19.5 Å². The minimum absolute atomic E-state index is 0.0332. The molecular weight excluding hydrogens is 366 g/mol. The zero-order valence-corrected chi connectivity index (χ0v) is 16.8. The zero-order valence-electron chi connectivity index (χ0n) is 16.0. The van der Waals surface area contributed by atoms with Crippen molar-refractivity contribution in [2.75, 3.05) is 26.4 Å². The third-order valence-electron chi connectivity index (χ3n) is 3.84. The van der Waals surface area contributed by atoms with E-state index in [1.54, 1.807) is 12.1 Å². The van der Waals surface area contributed by atoms with Gasteiger partial charge in [-0.05, 0) is 68.7 Å². The molecule has 0 radical (unpaired) electrons. The lowest BCUT2D eigenvalue weighted by Crippen LogP contribution is -2.30. The number of hydrogen-bond acceptors (Lipinski definition) is 4. The molecule has 2 aromatic rings. The van der Waals surface area contributed by atoms with Gasteiger partial charge in [0.25, 0.3) is 5.91 Å². The van der Waals surface area contributed by atoms with Crippen LogP contribution in [0.25, 0.3) is 0 Å². The summed E-state index contributed by atoms with van der Waals surface area (Å²) in [4.78, 5) is 12.0. The van der Waals surface area contributed by atoms with Crippen molar-refractivity contribution >= 4 is 17.5 Å². The summed E-state index contributed by atoms with van der Waals surface area (Å²) in [5.41, 5.74) is 1.98. The number of hydrogen-bond donors (Lipinski definition) is 1. The lowest BCUT2D eigenvalue weighted by Gasteiger charge is -2.13. The van der Waals surface area contributed by atoms with E-state index in [0.29, 0.717) is 37.0 Å². The summed E-state index contributed by atoms with van der Waals surface area (Å²) in [5, 5.41) is 3.53. The van der Waals surface area contributed by atoms with E-state index in [2.05, 4.69) is 5.32 Å². The van der Waals surface area contributed by atoms with Crippen molar-refractivity contribution in [3.05, 3.63) is 52.5 Å². The predicted octanol–water partition coefficient (Wildman–Crippen LogP) is 4.18. The Morgan fingerprint density at radius 1 is 1.00 bits per heavy atom. The minimum Gasteiger partial charge on any atom is -0.490 e. The lowest BCUT2D eigenvalue weighted by atomic mass is 10.1. The average molecular weight is 392 g/mol. The Hall–Kier alpha value is -2.40. The molecule has 1 amide bonds. The first-order valence-corrected chi connectivity index (χ1v) is 9.45. The fourth-order valence-corrected chi connectivity index (χ4v) is 2.62. The molecule has 0 unspecified atom stereocenters. The topological polar surface area (TPSA) is 56.8 Å². The highest BCUT2D eigenvalue weighted by Crippen LogP contribution is 2.28. The molecule has 0 saturated carbocycles. The summed E-state index contributed by atoms with van der Waals surface area (Å²) < 4.78 is 16.7. The van der Waals surface area contributed by atoms with Crippen molar-refractivity contribution in [3.63, 3.8) is 0 Å². The van der Waals surface area contributed by atoms with E-state index in [-0.39, 0.29) is 12.5 Å². The molecule has 27 heavy (non-hydrogen) atoms. The molecule has 6 heteroatoms. The second-order valence-corrected chi connectivity index (χ2v) is 6.35. The van der Waals surface area contributed by atoms with Crippen LogP contribution >= 0.6 is 11.6 Å². The molecule has 0 aliphatic heterocycles. The van der Waals surface area contributed by atoms with E-state index in [1.165, 1.54) is 0 Å². The summed E-state index contributed by atoms with van der Waals surface area (Å²) in [6, 6.07) is 11.1. The Morgan fingerprint density at radius 3 is 2.44 bits per heavy atom. The Kier molecular flexibility index (Phi) is 8.27. The number of carbonyl (C=O) groups excluding carboxylic acids is 1. The van der Waals surface area contributed by atoms with Gasteiger partial charge in [-0.15, -0.1) is 0 Å². The highest BCUT2D eigenvalue weighted by molar-refractivity contribution is 6.31. The van der Waals surface area contributed by atoms with Crippen molar-refractivity contribution in [3.8, 4) is 17.2 Å². The van der Waals surface area contributed by atoms with E-state index in [1.807, 2.05) is 45.0 Å². The average Bonchev–Trinajstić information content (AvgIpc) is 2.65. The van der Waals surface area contributed by atoms with Crippen molar-refractivity contribution in [2.24, 2.45) is 0 Å². The van der Waals surface area contributed by atoms with Crippen LogP contribution in [0.2, 0.25) is 5.02 Å². The minimum atomic E-state index is -0.168. The van der Waals surface area contributed by atoms with Gasteiger partial charge in [-0.1, -0.05) is 17.7 Å². The van der Waals surface area contributed by atoms with Crippen molar-refractivity contribution in [2.45, 2.75) is 27.2 Å². The molecule has 2 aromatic carbocycles. The lowest BCUT2D eigenvalue weighted by molar-refractivity contribution is -0.123. The quantitative estimate of drug-likeness (QED) is 0.660. The van der Waals surface area contributed by atoms with Gasteiger partial charge in [0.05, 0.1) is 13.2 Å². The fraction of sp³-hybridized carbons (Fsp3) is 0.381. The largest absolute Gasteiger partial charge is 0.490 e. The summed E-state index contributed by atoms with van der Waals surface area (Å²) in [7, 11) is 0. The Bertz CT molecular complexity index is 764. The third-order valence-corrected chi connectivity index (χ3v) is 4.27. The molecule has 0 aromatic heterocycles. The molecular formula is C21H26ClNO4. The number of ether oxygens (including phenoxy) is 3. The van der Waals surface area contributed by atoms with Crippen LogP contribution in [-0.2, 0) is 11.2 Å². The number of nitrogens with one attached hydrogen (secondary N) is 1. The van der Waals surface area contributed by atoms with Gasteiger partial charge < -0.3 is 19.5 Å². The van der Waals surface area contributed by atoms with Crippen LogP contribution in [0.3, 0.4) is 0 Å². The van der Waals surface area contributed by atoms with E-state index >= 15 is 0 Å². The van der Waals surface area contributed by atoms with E-state index < -0.39 is 0 Å². The Labute approximate surface area is 165 Å². The van der Waals surface area contributed by atoms with E-state index in [9.17, 15) is 4.79 Å². The maximum Gasteiger partial charge on any atom is 0.257 e. The predicted molar refractivity (Wildman–Crippen MR) is 107 cm³/mol. The molecule has 0 bridgehead atoms. The molecule has 2 rings (SSSR count). The Balaban J connectivity index is 1.80. The van der Waals surface area contributed by atoms with Gasteiger partial charge in [-0.2, -0.15) is 0 Å². The summed E-state index contributed by atoms with van der Waals surface area (Å²) >= 11 is 5.98.